The number of benzene rings is 1. The fraction of sp³-hybridized carbons (Fsp3) is 0.588. The lowest BCUT2D eigenvalue weighted by Gasteiger charge is -2.48. The van der Waals surface area contributed by atoms with Crippen molar-refractivity contribution < 1.29 is 0 Å². The summed E-state index contributed by atoms with van der Waals surface area (Å²) in [6, 6.07) is 9.04. The van der Waals surface area contributed by atoms with Crippen molar-refractivity contribution in [3.05, 3.63) is 29.3 Å². The van der Waals surface area contributed by atoms with Crippen LogP contribution in [0.25, 0.3) is 0 Å². The summed E-state index contributed by atoms with van der Waals surface area (Å²) >= 11 is 0. The second-order valence-corrected chi connectivity index (χ2v) is 6.07. The lowest BCUT2D eigenvalue weighted by molar-refractivity contribution is 0.291. The van der Waals surface area contributed by atoms with Crippen LogP contribution in [-0.4, -0.2) is 12.1 Å². The molecule has 1 aromatic carbocycles. The van der Waals surface area contributed by atoms with Gasteiger partial charge >= 0.3 is 0 Å². The average molecular weight is 256 g/mol. The molecule has 1 aliphatic rings. The van der Waals surface area contributed by atoms with Gasteiger partial charge in [-0.15, -0.1) is 0 Å². The van der Waals surface area contributed by atoms with Crippen LogP contribution in [0.1, 0.15) is 44.7 Å². The van der Waals surface area contributed by atoms with Gasteiger partial charge in [-0.1, -0.05) is 25.1 Å². The highest BCUT2D eigenvalue weighted by Gasteiger charge is 2.39. The minimum Gasteiger partial charge on any atom is -0.365 e. The number of hydrogen-bond acceptors (Lipinski definition) is 2. The van der Waals surface area contributed by atoms with Crippen molar-refractivity contribution >= 4 is 5.69 Å². The molecule has 2 rings (SSSR count). The van der Waals surface area contributed by atoms with Crippen LogP contribution in [-0.2, 0) is 6.42 Å². The molecule has 0 aromatic heterocycles. The summed E-state index contributed by atoms with van der Waals surface area (Å²) in [5, 5.41) is 9.41. The van der Waals surface area contributed by atoms with Gasteiger partial charge in [0.15, 0.2) is 0 Å². The Balaban J connectivity index is 2.49. The first-order valence-corrected chi connectivity index (χ1v) is 7.28. The number of aryl methyl sites for hydroxylation is 2. The smallest absolute Gasteiger partial charge is 0.0690 e. The molecule has 0 saturated carbocycles. The molecule has 1 aromatic rings. The molecule has 1 aliphatic heterocycles. The number of rotatable bonds is 2. The largest absolute Gasteiger partial charge is 0.365 e. The van der Waals surface area contributed by atoms with Gasteiger partial charge in [0.1, 0.15) is 0 Å². The fourth-order valence-corrected chi connectivity index (χ4v) is 3.30. The molecule has 1 saturated heterocycles. The molecule has 0 N–H and O–H groups in total. The van der Waals surface area contributed by atoms with Crippen LogP contribution >= 0.6 is 0 Å². The zero-order valence-corrected chi connectivity index (χ0v) is 12.5. The van der Waals surface area contributed by atoms with Gasteiger partial charge in [0.25, 0.3) is 0 Å². The summed E-state index contributed by atoms with van der Waals surface area (Å²) in [4.78, 5) is 2.47. The van der Waals surface area contributed by atoms with E-state index < -0.39 is 0 Å². The van der Waals surface area contributed by atoms with Crippen molar-refractivity contribution in [1.82, 2.24) is 0 Å². The average Bonchev–Trinajstić information content (AvgIpc) is 2.38. The number of para-hydroxylation sites is 1. The summed E-state index contributed by atoms with van der Waals surface area (Å²) in [5.74, 6) is 0.116. The minimum absolute atomic E-state index is 0.0803. The molecular formula is C17H24N2. The molecular weight excluding hydrogens is 232 g/mol. The van der Waals surface area contributed by atoms with Gasteiger partial charge in [0, 0.05) is 12.2 Å². The van der Waals surface area contributed by atoms with E-state index in [0.717, 1.165) is 25.8 Å². The number of anilines is 1. The molecule has 1 heterocycles. The normalized spacial score (nSPS) is 22.1. The quantitative estimate of drug-likeness (QED) is 0.797. The van der Waals surface area contributed by atoms with E-state index >= 15 is 0 Å². The Hall–Kier alpha value is -1.49. The lowest BCUT2D eigenvalue weighted by atomic mass is 9.79. The van der Waals surface area contributed by atoms with Crippen LogP contribution < -0.4 is 4.90 Å². The zero-order chi connectivity index (χ0) is 14.0. The first-order valence-electron chi connectivity index (χ1n) is 7.28. The van der Waals surface area contributed by atoms with E-state index in [1.54, 1.807) is 0 Å². The molecule has 2 heteroatoms. The maximum atomic E-state index is 9.41. The van der Waals surface area contributed by atoms with Crippen LogP contribution in [0.2, 0.25) is 0 Å². The zero-order valence-electron chi connectivity index (χ0n) is 12.5. The monoisotopic (exact) mass is 256 g/mol. The van der Waals surface area contributed by atoms with Crippen molar-refractivity contribution in [3.63, 3.8) is 0 Å². The molecule has 1 unspecified atom stereocenters. The minimum atomic E-state index is -0.0803. The Kier molecular flexibility index (Phi) is 3.85. The molecule has 0 aliphatic carbocycles. The van der Waals surface area contributed by atoms with E-state index in [2.05, 4.69) is 56.9 Å². The molecule has 0 bridgehead atoms. The topological polar surface area (TPSA) is 27.0 Å². The summed E-state index contributed by atoms with van der Waals surface area (Å²) < 4.78 is 0. The third-order valence-corrected chi connectivity index (χ3v) is 4.55. The highest BCUT2D eigenvalue weighted by Crippen LogP contribution is 2.39. The van der Waals surface area contributed by atoms with E-state index in [1.165, 1.54) is 16.8 Å². The van der Waals surface area contributed by atoms with Gasteiger partial charge < -0.3 is 4.90 Å². The maximum absolute atomic E-state index is 9.41. The molecule has 0 amide bonds. The molecule has 0 spiro atoms. The van der Waals surface area contributed by atoms with Crippen molar-refractivity contribution in [1.29, 1.82) is 5.26 Å². The van der Waals surface area contributed by atoms with E-state index in [0.29, 0.717) is 0 Å². The molecule has 102 valence electrons. The molecule has 1 atom stereocenters. The van der Waals surface area contributed by atoms with E-state index in [9.17, 15) is 5.26 Å². The first kappa shape index (κ1) is 13.9. The molecule has 1 fully saturated rings. The molecule has 0 radical (unpaired) electrons. The SMILES string of the molecule is CCc1cccc(C)c1N1CCCC(C#N)C1(C)C. The highest BCUT2D eigenvalue weighted by molar-refractivity contribution is 5.61. The van der Waals surface area contributed by atoms with Gasteiger partial charge in [0.2, 0.25) is 0 Å². The summed E-state index contributed by atoms with van der Waals surface area (Å²) in [6.45, 7) is 9.87. The van der Waals surface area contributed by atoms with E-state index in [-0.39, 0.29) is 11.5 Å². The van der Waals surface area contributed by atoms with E-state index in [4.69, 9.17) is 0 Å². The highest BCUT2D eigenvalue weighted by atomic mass is 15.2. The van der Waals surface area contributed by atoms with Gasteiger partial charge in [-0.25, -0.2) is 0 Å². The lowest BCUT2D eigenvalue weighted by Crippen LogP contribution is -2.53. The van der Waals surface area contributed by atoms with Gasteiger partial charge in [0.05, 0.1) is 17.5 Å². The second-order valence-electron chi connectivity index (χ2n) is 6.07. The number of hydrogen-bond donors (Lipinski definition) is 0. The predicted molar refractivity (Wildman–Crippen MR) is 80.3 cm³/mol. The van der Waals surface area contributed by atoms with Crippen LogP contribution in [0.3, 0.4) is 0 Å². The van der Waals surface area contributed by atoms with Gasteiger partial charge in [-0.2, -0.15) is 5.26 Å². The Labute approximate surface area is 117 Å². The summed E-state index contributed by atoms with van der Waals surface area (Å²) in [7, 11) is 0. The predicted octanol–water partition coefficient (Wildman–Crippen LogP) is 4.08. The van der Waals surface area contributed by atoms with E-state index in [1.807, 2.05) is 0 Å². The Morgan fingerprint density at radius 1 is 1.42 bits per heavy atom. The molecule has 19 heavy (non-hydrogen) atoms. The Morgan fingerprint density at radius 3 is 2.79 bits per heavy atom. The maximum Gasteiger partial charge on any atom is 0.0690 e. The third-order valence-electron chi connectivity index (χ3n) is 4.55. The van der Waals surface area contributed by atoms with Crippen molar-refractivity contribution in [2.24, 2.45) is 5.92 Å². The Morgan fingerprint density at radius 2 is 2.16 bits per heavy atom. The van der Waals surface area contributed by atoms with Crippen molar-refractivity contribution in [2.75, 3.05) is 11.4 Å². The van der Waals surface area contributed by atoms with Crippen molar-refractivity contribution in [3.8, 4) is 6.07 Å². The number of nitrogens with zero attached hydrogens (tertiary/aromatic N) is 2. The van der Waals surface area contributed by atoms with Crippen LogP contribution in [0.15, 0.2) is 18.2 Å². The second kappa shape index (κ2) is 5.25. The first-order chi connectivity index (χ1) is 9.02. The van der Waals surface area contributed by atoms with Gasteiger partial charge in [-0.05, 0) is 51.2 Å². The third kappa shape index (κ3) is 2.34. The van der Waals surface area contributed by atoms with Gasteiger partial charge in [-0.3, -0.25) is 0 Å². The summed E-state index contributed by atoms with van der Waals surface area (Å²) in [6.07, 6.45) is 3.17. The van der Waals surface area contributed by atoms with Crippen LogP contribution in [0.5, 0.6) is 0 Å². The Bertz CT molecular complexity index is 496. The number of piperidine rings is 1. The number of nitriles is 1. The fourth-order valence-electron chi connectivity index (χ4n) is 3.30. The van der Waals surface area contributed by atoms with Crippen molar-refractivity contribution in [2.45, 2.75) is 52.5 Å². The summed E-state index contributed by atoms with van der Waals surface area (Å²) in [5.41, 5.74) is 4.00. The van der Waals surface area contributed by atoms with Crippen LogP contribution in [0.4, 0.5) is 5.69 Å². The molecule has 2 nitrogen and oxygen atoms in total. The standard InChI is InChI=1S/C17H24N2/c1-5-14-9-6-8-13(2)16(14)19-11-7-10-15(12-18)17(19,3)4/h6,8-9,15H,5,7,10-11H2,1-4H3. The van der Waals surface area contributed by atoms with Crippen LogP contribution in [0, 0.1) is 24.2 Å².